The molecule has 4 amide bonds. The van der Waals surface area contributed by atoms with Crippen LogP contribution in [0.3, 0.4) is 0 Å². The van der Waals surface area contributed by atoms with Crippen LogP contribution in [0.4, 0.5) is 9.59 Å². The first-order chi connectivity index (χ1) is 13.4. The average Bonchev–Trinajstić information content (AvgIpc) is 2.68. The summed E-state index contributed by atoms with van der Waals surface area (Å²) >= 11 is 0. The van der Waals surface area contributed by atoms with Gasteiger partial charge in [0, 0.05) is 25.7 Å². The van der Waals surface area contributed by atoms with Crippen molar-refractivity contribution in [2.75, 3.05) is 33.9 Å². The molecule has 0 aliphatic carbocycles. The van der Waals surface area contributed by atoms with Crippen LogP contribution in [-0.4, -0.2) is 56.9 Å². The Morgan fingerprint density at radius 2 is 1.86 bits per heavy atom. The van der Waals surface area contributed by atoms with Gasteiger partial charge in [-0.1, -0.05) is 6.92 Å². The molecule has 2 rings (SSSR count). The van der Waals surface area contributed by atoms with Crippen molar-refractivity contribution < 1.29 is 19.1 Å². The predicted octanol–water partition coefficient (Wildman–Crippen LogP) is 2.43. The van der Waals surface area contributed by atoms with Crippen LogP contribution in [0.15, 0.2) is 12.1 Å². The molecule has 1 aromatic carbocycles. The second-order valence-corrected chi connectivity index (χ2v) is 7.11. The molecular formula is C20H32N4O4. The first kappa shape index (κ1) is 21.7. The fraction of sp³-hybridized carbons (Fsp3) is 0.600. The van der Waals surface area contributed by atoms with E-state index in [0.29, 0.717) is 37.6 Å². The summed E-state index contributed by atoms with van der Waals surface area (Å²) in [5.74, 6) is 1.27. The molecule has 8 nitrogen and oxygen atoms in total. The zero-order chi connectivity index (χ0) is 20.7. The summed E-state index contributed by atoms with van der Waals surface area (Å²) in [5, 5.41) is 8.64. The van der Waals surface area contributed by atoms with Crippen molar-refractivity contribution in [3.8, 4) is 11.5 Å². The molecule has 3 N–H and O–H groups in total. The lowest BCUT2D eigenvalue weighted by Gasteiger charge is -2.38. The van der Waals surface area contributed by atoms with E-state index < -0.39 is 0 Å². The van der Waals surface area contributed by atoms with Crippen LogP contribution >= 0.6 is 0 Å². The second kappa shape index (κ2) is 10.1. The summed E-state index contributed by atoms with van der Waals surface area (Å²) in [6.07, 6.45) is 1.57. The van der Waals surface area contributed by atoms with Gasteiger partial charge in [0.2, 0.25) is 0 Å². The van der Waals surface area contributed by atoms with E-state index >= 15 is 0 Å². The number of nitrogens with one attached hydrogen (secondary N) is 3. The minimum atomic E-state index is -0.293. The first-order valence-corrected chi connectivity index (χ1v) is 9.74. The molecule has 1 heterocycles. The lowest BCUT2D eigenvalue weighted by Crippen LogP contribution is -2.50. The van der Waals surface area contributed by atoms with Gasteiger partial charge in [0.1, 0.15) is 0 Å². The van der Waals surface area contributed by atoms with E-state index in [2.05, 4.69) is 16.0 Å². The Morgan fingerprint density at radius 3 is 2.46 bits per heavy atom. The molecule has 8 heteroatoms. The van der Waals surface area contributed by atoms with E-state index in [4.69, 9.17) is 9.47 Å². The van der Waals surface area contributed by atoms with Gasteiger partial charge in [0.05, 0.1) is 20.3 Å². The molecule has 0 saturated carbocycles. The number of urea groups is 2. The van der Waals surface area contributed by atoms with Crippen LogP contribution in [0.25, 0.3) is 0 Å². The molecule has 156 valence electrons. The summed E-state index contributed by atoms with van der Waals surface area (Å²) in [4.78, 5) is 26.6. The molecule has 1 atom stereocenters. The zero-order valence-electron chi connectivity index (χ0n) is 17.4. The standard InChI is InChI=1S/C20H32N4O4/c1-6-8-21-20(26)24-9-7-14-10-17(27-4)18(28-5)11-15(14)16(24)12-22-19(25)23-13(2)3/h10-11,13,16H,6-9,12H2,1-5H3,(H,21,26)(H2,22,23,25)/t16-/m1/s1. The number of methoxy groups -OCH3 is 2. The summed E-state index contributed by atoms with van der Waals surface area (Å²) in [7, 11) is 3.19. The zero-order valence-corrected chi connectivity index (χ0v) is 17.4. The molecular weight excluding hydrogens is 360 g/mol. The van der Waals surface area contributed by atoms with Gasteiger partial charge in [0.15, 0.2) is 11.5 Å². The van der Waals surface area contributed by atoms with Crippen LogP contribution < -0.4 is 25.4 Å². The Balaban J connectivity index is 2.31. The Morgan fingerprint density at radius 1 is 1.18 bits per heavy atom. The first-order valence-electron chi connectivity index (χ1n) is 9.74. The highest BCUT2D eigenvalue weighted by atomic mass is 16.5. The third-order valence-electron chi connectivity index (χ3n) is 4.67. The molecule has 0 radical (unpaired) electrons. The van der Waals surface area contributed by atoms with Gasteiger partial charge < -0.3 is 30.3 Å². The van der Waals surface area contributed by atoms with Gasteiger partial charge in [-0.05, 0) is 49.9 Å². The van der Waals surface area contributed by atoms with Crippen molar-refractivity contribution in [2.45, 2.75) is 45.7 Å². The quantitative estimate of drug-likeness (QED) is 0.665. The van der Waals surface area contributed by atoms with Crippen LogP contribution in [0.1, 0.15) is 44.4 Å². The van der Waals surface area contributed by atoms with Gasteiger partial charge in [0.25, 0.3) is 0 Å². The van der Waals surface area contributed by atoms with Gasteiger partial charge in [-0.25, -0.2) is 9.59 Å². The average molecular weight is 393 g/mol. The lowest BCUT2D eigenvalue weighted by atomic mass is 9.92. The minimum Gasteiger partial charge on any atom is -0.493 e. The predicted molar refractivity (Wildman–Crippen MR) is 108 cm³/mol. The summed E-state index contributed by atoms with van der Waals surface area (Å²) < 4.78 is 10.9. The smallest absolute Gasteiger partial charge is 0.317 e. The lowest BCUT2D eigenvalue weighted by molar-refractivity contribution is 0.166. The van der Waals surface area contributed by atoms with Crippen LogP contribution in [0.5, 0.6) is 11.5 Å². The summed E-state index contributed by atoms with van der Waals surface area (Å²) in [6, 6.07) is 3.22. The summed E-state index contributed by atoms with van der Waals surface area (Å²) in [5.41, 5.74) is 2.05. The highest BCUT2D eigenvalue weighted by molar-refractivity contribution is 5.76. The molecule has 0 saturated heterocycles. The molecule has 1 aromatic rings. The number of ether oxygens (including phenoxy) is 2. The fourth-order valence-electron chi connectivity index (χ4n) is 3.33. The third-order valence-corrected chi connectivity index (χ3v) is 4.67. The van der Waals surface area contributed by atoms with Crippen molar-refractivity contribution in [2.24, 2.45) is 0 Å². The molecule has 1 aliphatic rings. The Bertz CT molecular complexity index is 693. The monoisotopic (exact) mass is 392 g/mol. The SMILES string of the molecule is CCCNC(=O)N1CCc2cc(OC)c(OC)cc2[C@H]1CNC(=O)NC(C)C. The van der Waals surface area contributed by atoms with Gasteiger partial charge in [-0.2, -0.15) is 0 Å². The maximum atomic E-state index is 12.7. The number of hydrogen-bond acceptors (Lipinski definition) is 4. The van der Waals surface area contributed by atoms with E-state index in [1.54, 1.807) is 19.1 Å². The minimum absolute atomic E-state index is 0.0342. The topological polar surface area (TPSA) is 91.9 Å². The van der Waals surface area contributed by atoms with Gasteiger partial charge >= 0.3 is 12.1 Å². The third kappa shape index (κ3) is 5.21. The van der Waals surface area contributed by atoms with Crippen molar-refractivity contribution >= 4 is 12.1 Å². The maximum absolute atomic E-state index is 12.7. The van der Waals surface area contributed by atoms with Crippen molar-refractivity contribution in [1.82, 2.24) is 20.9 Å². The molecule has 0 fully saturated rings. The fourth-order valence-corrected chi connectivity index (χ4v) is 3.33. The number of carbonyl (C=O) groups excluding carboxylic acids is 2. The highest BCUT2D eigenvalue weighted by Crippen LogP contribution is 2.37. The van der Waals surface area contributed by atoms with E-state index in [9.17, 15) is 9.59 Å². The number of carbonyl (C=O) groups is 2. The van der Waals surface area contributed by atoms with E-state index in [1.165, 1.54) is 0 Å². The van der Waals surface area contributed by atoms with Crippen LogP contribution in [0, 0.1) is 0 Å². The largest absolute Gasteiger partial charge is 0.493 e. The van der Waals surface area contributed by atoms with Crippen LogP contribution in [-0.2, 0) is 6.42 Å². The Hall–Kier alpha value is -2.64. The number of hydrogen-bond donors (Lipinski definition) is 3. The van der Waals surface area contributed by atoms with Crippen LogP contribution in [0.2, 0.25) is 0 Å². The van der Waals surface area contributed by atoms with E-state index in [1.807, 2.05) is 32.9 Å². The summed E-state index contributed by atoms with van der Waals surface area (Å²) in [6.45, 7) is 7.30. The molecule has 0 spiro atoms. The van der Waals surface area contributed by atoms with Crippen molar-refractivity contribution in [1.29, 1.82) is 0 Å². The van der Waals surface area contributed by atoms with E-state index in [-0.39, 0.29) is 24.1 Å². The highest BCUT2D eigenvalue weighted by Gasteiger charge is 2.32. The normalized spacial score (nSPS) is 15.6. The number of nitrogens with zero attached hydrogens (tertiary/aromatic N) is 1. The molecule has 28 heavy (non-hydrogen) atoms. The molecule has 0 unspecified atom stereocenters. The Kier molecular flexibility index (Phi) is 7.78. The molecule has 0 bridgehead atoms. The van der Waals surface area contributed by atoms with Crippen molar-refractivity contribution in [3.05, 3.63) is 23.3 Å². The second-order valence-electron chi connectivity index (χ2n) is 7.11. The number of benzene rings is 1. The number of amides is 4. The Labute approximate surface area is 166 Å². The van der Waals surface area contributed by atoms with E-state index in [0.717, 1.165) is 17.5 Å². The number of rotatable bonds is 7. The maximum Gasteiger partial charge on any atom is 0.317 e. The molecule has 1 aliphatic heterocycles. The van der Waals surface area contributed by atoms with Crippen molar-refractivity contribution in [3.63, 3.8) is 0 Å². The van der Waals surface area contributed by atoms with Gasteiger partial charge in [-0.15, -0.1) is 0 Å². The molecule has 0 aromatic heterocycles. The van der Waals surface area contributed by atoms with Gasteiger partial charge in [-0.3, -0.25) is 0 Å². The number of fused-ring (bicyclic) bond motifs is 1.